The molecule has 0 saturated heterocycles. The van der Waals surface area contributed by atoms with Gasteiger partial charge in [-0.15, -0.1) is 0 Å². The Kier molecular flexibility index (Phi) is 4.71. The second-order valence-corrected chi connectivity index (χ2v) is 4.54. The number of halogens is 1. The summed E-state index contributed by atoms with van der Waals surface area (Å²) in [5, 5.41) is 9.64. The molecule has 1 fully saturated rings. The molecule has 16 heavy (non-hydrogen) atoms. The van der Waals surface area contributed by atoms with Crippen LogP contribution in [0.4, 0.5) is 4.39 Å². The highest BCUT2D eigenvalue weighted by Gasteiger charge is 2.45. The molecule has 4 heteroatoms. The van der Waals surface area contributed by atoms with E-state index in [0.29, 0.717) is 5.92 Å². The lowest BCUT2D eigenvalue weighted by atomic mass is 9.76. The molecular weight excluding hydrogens is 211 g/mol. The highest BCUT2D eigenvalue weighted by atomic mass is 19.1. The van der Waals surface area contributed by atoms with Crippen LogP contribution < -0.4 is 0 Å². The van der Waals surface area contributed by atoms with Crippen molar-refractivity contribution in [2.24, 2.45) is 5.92 Å². The zero-order valence-electron chi connectivity index (χ0n) is 10.0. The van der Waals surface area contributed by atoms with E-state index < -0.39 is 17.7 Å². The van der Waals surface area contributed by atoms with Crippen molar-refractivity contribution in [2.45, 2.75) is 57.7 Å². The molecule has 1 rings (SSSR count). The molecule has 0 aromatic rings. The van der Waals surface area contributed by atoms with E-state index in [1.165, 1.54) is 0 Å². The molecule has 0 aromatic heterocycles. The van der Waals surface area contributed by atoms with Crippen LogP contribution in [0.1, 0.15) is 46.0 Å². The van der Waals surface area contributed by atoms with Gasteiger partial charge in [-0.3, -0.25) is 0 Å². The number of ether oxygens (including phenoxy) is 1. The molecule has 3 nitrogen and oxygen atoms in total. The number of hydrogen-bond donors (Lipinski definition) is 1. The molecule has 0 bridgehead atoms. The lowest BCUT2D eigenvalue weighted by Gasteiger charge is -2.35. The number of rotatable bonds is 4. The number of esters is 1. The summed E-state index contributed by atoms with van der Waals surface area (Å²) >= 11 is 0. The van der Waals surface area contributed by atoms with Crippen LogP contribution in [-0.4, -0.2) is 29.5 Å². The van der Waals surface area contributed by atoms with E-state index in [0.717, 1.165) is 19.3 Å². The Morgan fingerprint density at radius 1 is 1.50 bits per heavy atom. The number of aliphatic hydroxyl groups is 1. The molecule has 94 valence electrons. The Balaban J connectivity index is 2.55. The van der Waals surface area contributed by atoms with Gasteiger partial charge >= 0.3 is 5.97 Å². The summed E-state index contributed by atoms with van der Waals surface area (Å²) in [7, 11) is 0. The van der Waals surface area contributed by atoms with Crippen LogP contribution in [0.5, 0.6) is 0 Å². The minimum atomic E-state index is -1.78. The molecule has 0 amide bonds. The van der Waals surface area contributed by atoms with E-state index in [1.807, 2.05) is 0 Å². The Hall–Kier alpha value is -0.640. The second-order valence-electron chi connectivity index (χ2n) is 4.54. The van der Waals surface area contributed by atoms with Gasteiger partial charge in [-0.2, -0.15) is 0 Å². The first-order valence-corrected chi connectivity index (χ1v) is 6.07. The highest BCUT2D eigenvalue weighted by Crippen LogP contribution is 2.39. The molecule has 1 aliphatic rings. The van der Waals surface area contributed by atoms with E-state index in [1.54, 1.807) is 6.92 Å². The lowest BCUT2D eigenvalue weighted by Crippen LogP contribution is -2.46. The van der Waals surface area contributed by atoms with Crippen molar-refractivity contribution in [1.29, 1.82) is 0 Å². The molecule has 1 atom stereocenters. The number of aliphatic hydroxyl groups excluding tert-OH is 1. The second kappa shape index (κ2) is 5.62. The fourth-order valence-electron chi connectivity index (χ4n) is 2.27. The third kappa shape index (κ3) is 2.94. The topological polar surface area (TPSA) is 46.5 Å². The van der Waals surface area contributed by atoms with Crippen molar-refractivity contribution in [3.63, 3.8) is 0 Å². The first kappa shape index (κ1) is 13.4. The Morgan fingerprint density at radius 2 is 2.06 bits per heavy atom. The molecule has 1 N–H and O–H groups in total. The molecule has 0 aromatic carbocycles. The fourth-order valence-corrected chi connectivity index (χ4v) is 2.27. The van der Waals surface area contributed by atoms with Gasteiger partial charge in [0.25, 0.3) is 0 Å². The van der Waals surface area contributed by atoms with E-state index >= 15 is 0 Å². The predicted octanol–water partition coefficient (Wildman–Crippen LogP) is 2.22. The summed E-state index contributed by atoms with van der Waals surface area (Å²) in [6.07, 6.45) is 1.40. The molecule has 0 spiro atoms. The van der Waals surface area contributed by atoms with Crippen LogP contribution in [0, 0.1) is 5.92 Å². The zero-order valence-corrected chi connectivity index (χ0v) is 10.0. The van der Waals surface area contributed by atoms with Crippen molar-refractivity contribution < 1.29 is 19.0 Å². The molecule has 0 radical (unpaired) electrons. The van der Waals surface area contributed by atoms with Crippen molar-refractivity contribution >= 4 is 5.97 Å². The first-order valence-electron chi connectivity index (χ1n) is 6.07. The van der Waals surface area contributed by atoms with Crippen LogP contribution in [0.3, 0.4) is 0 Å². The quantitative estimate of drug-likeness (QED) is 0.756. The van der Waals surface area contributed by atoms with E-state index in [4.69, 9.17) is 0 Å². The minimum absolute atomic E-state index is 0.170. The lowest BCUT2D eigenvalue weighted by molar-refractivity contribution is -0.165. The van der Waals surface area contributed by atoms with E-state index in [2.05, 4.69) is 11.7 Å². The third-order valence-corrected chi connectivity index (χ3v) is 3.51. The van der Waals surface area contributed by atoms with E-state index in [9.17, 15) is 14.3 Å². The summed E-state index contributed by atoms with van der Waals surface area (Å²) < 4.78 is 18.9. The summed E-state index contributed by atoms with van der Waals surface area (Å²) in [6.45, 7) is 3.89. The van der Waals surface area contributed by atoms with Crippen LogP contribution in [-0.2, 0) is 9.53 Å². The zero-order chi connectivity index (χ0) is 12.2. The molecular formula is C12H21FO3. The number of carbonyl (C=O) groups is 1. The van der Waals surface area contributed by atoms with Crippen molar-refractivity contribution in [1.82, 2.24) is 0 Å². The largest absolute Gasteiger partial charge is 0.464 e. The van der Waals surface area contributed by atoms with Gasteiger partial charge in [0.15, 0.2) is 6.10 Å². The third-order valence-electron chi connectivity index (χ3n) is 3.51. The average molecular weight is 232 g/mol. The van der Waals surface area contributed by atoms with Crippen LogP contribution >= 0.6 is 0 Å². The Labute approximate surface area is 96.0 Å². The summed E-state index contributed by atoms with van der Waals surface area (Å²) in [6, 6.07) is 0. The van der Waals surface area contributed by atoms with Gasteiger partial charge in [0.05, 0.1) is 6.61 Å². The summed E-state index contributed by atoms with van der Waals surface area (Å²) in [5.41, 5.74) is -1.78. The fraction of sp³-hybridized carbons (Fsp3) is 0.917. The maximum absolute atomic E-state index is 14.3. The number of hydrogen-bond acceptors (Lipinski definition) is 3. The standard InChI is InChI=1S/C12H21FO3/c1-3-9-5-7-12(13,8-6-9)10(14)11(15)16-4-2/h9-10,14H,3-8H2,1-2H3. The van der Waals surface area contributed by atoms with Crippen LogP contribution in [0.15, 0.2) is 0 Å². The number of carbonyl (C=O) groups excluding carboxylic acids is 1. The average Bonchev–Trinajstić information content (AvgIpc) is 2.29. The SMILES string of the molecule is CCOC(=O)C(O)C1(F)CCC(CC)CC1. The van der Waals surface area contributed by atoms with Crippen molar-refractivity contribution in [3.8, 4) is 0 Å². The molecule has 0 heterocycles. The van der Waals surface area contributed by atoms with Gasteiger partial charge in [0.2, 0.25) is 0 Å². The molecule has 0 aliphatic heterocycles. The van der Waals surface area contributed by atoms with E-state index in [-0.39, 0.29) is 19.4 Å². The normalized spacial score (nSPS) is 32.1. The van der Waals surface area contributed by atoms with Gasteiger partial charge < -0.3 is 9.84 Å². The Morgan fingerprint density at radius 3 is 2.50 bits per heavy atom. The van der Waals surface area contributed by atoms with Gasteiger partial charge in [-0.25, -0.2) is 9.18 Å². The van der Waals surface area contributed by atoms with Gasteiger partial charge in [0, 0.05) is 0 Å². The minimum Gasteiger partial charge on any atom is -0.464 e. The van der Waals surface area contributed by atoms with Crippen LogP contribution in [0.2, 0.25) is 0 Å². The molecule has 1 unspecified atom stereocenters. The maximum Gasteiger partial charge on any atom is 0.338 e. The Bertz CT molecular complexity index is 234. The molecule has 1 aliphatic carbocycles. The first-order chi connectivity index (χ1) is 7.53. The van der Waals surface area contributed by atoms with Gasteiger partial charge in [-0.05, 0) is 38.5 Å². The summed E-state index contributed by atoms with van der Waals surface area (Å²) in [5.74, 6) is -0.307. The number of alkyl halides is 1. The monoisotopic (exact) mass is 232 g/mol. The molecule has 1 saturated carbocycles. The summed E-state index contributed by atoms with van der Waals surface area (Å²) in [4.78, 5) is 11.3. The van der Waals surface area contributed by atoms with Crippen molar-refractivity contribution in [2.75, 3.05) is 6.61 Å². The van der Waals surface area contributed by atoms with Gasteiger partial charge in [-0.1, -0.05) is 13.3 Å². The van der Waals surface area contributed by atoms with Gasteiger partial charge in [0.1, 0.15) is 5.67 Å². The van der Waals surface area contributed by atoms with Crippen molar-refractivity contribution in [3.05, 3.63) is 0 Å². The maximum atomic E-state index is 14.3. The predicted molar refractivity (Wildman–Crippen MR) is 58.7 cm³/mol. The van der Waals surface area contributed by atoms with Crippen LogP contribution in [0.25, 0.3) is 0 Å². The smallest absolute Gasteiger partial charge is 0.338 e. The highest BCUT2D eigenvalue weighted by molar-refractivity contribution is 5.76.